The number of rotatable bonds is 4. The quantitative estimate of drug-likeness (QED) is 0.751. The number of para-hydroxylation sites is 1. The Bertz CT molecular complexity index is 998. The first-order valence-electron chi connectivity index (χ1n) is 10.3. The van der Waals surface area contributed by atoms with E-state index in [0.29, 0.717) is 12.5 Å². The number of hydrogen-bond donors (Lipinski definition) is 1. The molecule has 1 aliphatic carbocycles. The van der Waals surface area contributed by atoms with Gasteiger partial charge < -0.3 is 10.1 Å². The van der Waals surface area contributed by atoms with Crippen LogP contribution < -0.4 is 5.32 Å². The number of aromatic nitrogens is 3. The summed E-state index contributed by atoms with van der Waals surface area (Å²) in [5.74, 6) is 1.16. The number of anilines is 1. The van der Waals surface area contributed by atoms with Crippen molar-refractivity contribution in [3.8, 4) is 0 Å². The molecule has 1 aliphatic heterocycles. The predicted molar refractivity (Wildman–Crippen MR) is 111 cm³/mol. The lowest BCUT2D eigenvalue weighted by atomic mass is 9.93. The van der Waals surface area contributed by atoms with Gasteiger partial charge in [-0.05, 0) is 62.3 Å². The number of pyridine rings is 1. The maximum atomic E-state index is 5.84. The Hall–Kier alpha value is -2.53. The van der Waals surface area contributed by atoms with Gasteiger partial charge >= 0.3 is 0 Å². The van der Waals surface area contributed by atoms with Gasteiger partial charge in [0.1, 0.15) is 0 Å². The van der Waals surface area contributed by atoms with E-state index in [1.54, 1.807) is 0 Å². The highest BCUT2D eigenvalue weighted by atomic mass is 16.5. The molecule has 2 aromatic heterocycles. The lowest BCUT2D eigenvalue weighted by Crippen LogP contribution is -2.30. The fourth-order valence-electron chi connectivity index (χ4n) is 4.59. The molecule has 1 fully saturated rings. The number of nitrogens with zero attached hydrogens (tertiary/aromatic N) is 3. The zero-order valence-electron chi connectivity index (χ0n) is 16.3. The summed E-state index contributed by atoms with van der Waals surface area (Å²) in [6.07, 6.45) is 7.54. The molecule has 2 atom stereocenters. The first-order valence-corrected chi connectivity index (χ1v) is 10.3. The fourth-order valence-corrected chi connectivity index (χ4v) is 4.59. The van der Waals surface area contributed by atoms with Crippen molar-refractivity contribution < 1.29 is 4.74 Å². The van der Waals surface area contributed by atoms with Crippen LogP contribution in [0, 0.1) is 12.8 Å². The lowest BCUT2D eigenvalue weighted by Gasteiger charge is -2.22. The Balaban J connectivity index is 1.37. The molecule has 144 valence electrons. The topological polar surface area (TPSA) is 59.9 Å². The monoisotopic (exact) mass is 374 g/mol. The van der Waals surface area contributed by atoms with Crippen LogP contribution >= 0.6 is 0 Å². The largest absolute Gasteiger partial charge is 0.379 e. The molecule has 1 N–H and O–H groups in total. The van der Waals surface area contributed by atoms with E-state index in [4.69, 9.17) is 14.7 Å². The van der Waals surface area contributed by atoms with Crippen molar-refractivity contribution in [1.29, 1.82) is 0 Å². The van der Waals surface area contributed by atoms with Crippen LogP contribution in [0.5, 0.6) is 0 Å². The van der Waals surface area contributed by atoms with Crippen molar-refractivity contribution in [1.82, 2.24) is 15.0 Å². The highest BCUT2D eigenvalue weighted by Crippen LogP contribution is 2.27. The molecule has 28 heavy (non-hydrogen) atoms. The average molecular weight is 374 g/mol. The van der Waals surface area contributed by atoms with Crippen LogP contribution in [0.25, 0.3) is 10.9 Å². The van der Waals surface area contributed by atoms with Crippen molar-refractivity contribution in [2.45, 2.75) is 45.1 Å². The van der Waals surface area contributed by atoms with Gasteiger partial charge in [0.25, 0.3) is 0 Å². The minimum Gasteiger partial charge on any atom is -0.379 e. The van der Waals surface area contributed by atoms with Crippen LogP contribution in [0.3, 0.4) is 0 Å². The first kappa shape index (κ1) is 17.6. The van der Waals surface area contributed by atoms with Gasteiger partial charge in [0.05, 0.1) is 24.8 Å². The summed E-state index contributed by atoms with van der Waals surface area (Å²) < 4.78 is 5.84. The summed E-state index contributed by atoms with van der Waals surface area (Å²) in [6, 6.07) is 10.7. The third kappa shape index (κ3) is 3.35. The zero-order chi connectivity index (χ0) is 18.9. The molecule has 0 saturated carbocycles. The summed E-state index contributed by atoms with van der Waals surface area (Å²) >= 11 is 0. The van der Waals surface area contributed by atoms with Crippen LogP contribution in [-0.4, -0.2) is 34.2 Å². The van der Waals surface area contributed by atoms with Crippen molar-refractivity contribution in [3.05, 3.63) is 59.0 Å². The van der Waals surface area contributed by atoms with Gasteiger partial charge in [-0.3, -0.25) is 4.98 Å². The molecule has 1 aromatic carbocycles. The highest BCUT2D eigenvalue weighted by molar-refractivity contribution is 5.81. The Kier molecular flexibility index (Phi) is 4.69. The third-order valence-electron chi connectivity index (χ3n) is 6.12. The molecule has 5 heteroatoms. The zero-order valence-corrected chi connectivity index (χ0v) is 16.3. The van der Waals surface area contributed by atoms with Crippen LogP contribution in [0.4, 0.5) is 5.95 Å². The maximum absolute atomic E-state index is 5.84. The van der Waals surface area contributed by atoms with Crippen LogP contribution in [0.1, 0.15) is 35.4 Å². The summed E-state index contributed by atoms with van der Waals surface area (Å²) in [5, 5.41) is 4.82. The minimum atomic E-state index is 0.230. The van der Waals surface area contributed by atoms with Crippen molar-refractivity contribution in [2.75, 3.05) is 18.5 Å². The summed E-state index contributed by atoms with van der Waals surface area (Å²) in [7, 11) is 0. The molecule has 0 unspecified atom stereocenters. The fraction of sp³-hybridized carbons (Fsp3) is 0.435. The van der Waals surface area contributed by atoms with E-state index >= 15 is 0 Å². The Morgan fingerprint density at radius 3 is 2.93 bits per heavy atom. The van der Waals surface area contributed by atoms with E-state index < -0.39 is 0 Å². The lowest BCUT2D eigenvalue weighted by molar-refractivity contribution is 0.185. The van der Waals surface area contributed by atoms with E-state index in [2.05, 4.69) is 41.5 Å². The van der Waals surface area contributed by atoms with Crippen molar-refractivity contribution in [2.24, 2.45) is 5.92 Å². The molecular weight excluding hydrogens is 348 g/mol. The Morgan fingerprint density at radius 2 is 1.96 bits per heavy atom. The van der Waals surface area contributed by atoms with E-state index in [1.165, 1.54) is 35.0 Å². The second-order valence-corrected chi connectivity index (χ2v) is 8.00. The number of hydrogen-bond acceptors (Lipinski definition) is 5. The molecule has 3 aromatic rings. The van der Waals surface area contributed by atoms with Crippen LogP contribution in [-0.2, 0) is 24.0 Å². The van der Waals surface area contributed by atoms with Gasteiger partial charge in [-0.15, -0.1) is 0 Å². The van der Waals surface area contributed by atoms with Gasteiger partial charge in [0.15, 0.2) is 0 Å². The minimum absolute atomic E-state index is 0.230. The van der Waals surface area contributed by atoms with Gasteiger partial charge in [-0.2, -0.15) is 0 Å². The van der Waals surface area contributed by atoms with Gasteiger partial charge in [0, 0.05) is 28.9 Å². The molecule has 0 amide bonds. The van der Waals surface area contributed by atoms with Gasteiger partial charge in [-0.25, -0.2) is 9.97 Å². The summed E-state index contributed by atoms with van der Waals surface area (Å²) in [4.78, 5) is 14.1. The van der Waals surface area contributed by atoms with Crippen LogP contribution in [0.15, 0.2) is 36.5 Å². The van der Waals surface area contributed by atoms with E-state index in [1.807, 2.05) is 12.3 Å². The Morgan fingerprint density at radius 1 is 1.07 bits per heavy atom. The standard InChI is InChI=1S/C23H26N4O/c1-15-18-6-2-5-9-21(18)26-23(25-15)27-22-14-28-13-17(22)12-16-10-11-24-20-8-4-3-7-19(16)20/h3-4,7-8,10-11,17,22H,2,5-6,9,12-14H2,1H3,(H,25,26,27)/t17-,22+/m1/s1. The molecule has 1 saturated heterocycles. The second kappa shape index (κ2) is 7.47. The second-order valence-electron chi connectivity index (χ2n) is 8.00. The van der Waals surface area contributed by atoms with Crippen LogP contribution in [0.2, 0.25) is 0 Å². The van der Waals surface area contributed by atoms with Crippen molar-refractivity contribution >= 4 is 16.9 Å². The summed E-state index contributed by atoms with van der Waals surface area (Å²) in [6.45, 7) is 3.58. The maximum Gasteiger partial charge on any atom is 0.223 e. The van der Waals surface area contributed by atoms with E-state index in [9.17, 15) is 0 Å². The van der Waals surface area contributed by atoms with Gasteiger partial charge in [-0.1, -0.05) is 18.2 Å². The van der Waals surface area contributed by atoms with Crippen molar-refractivity contribution in [3.63, 3.8) is 0 Å². The predicted octanol–water partition coefficient (Wildman–Crippen LogP) is 3.88. The Labute approximate surface area is 165 Å². The molecule has 5 rings (SSSR count). The first-order chi connectivity index (χ1) is 13.8. The molecule has 0 spiro atoms. The highest BCUT2D eigenvalue weighted by Gasteiger charge is 2.30. The normalized spacial score (nSPS) is 21.6. The molecular formula is C23H26N4O. The number of fused-ring (bicyclic) bond motifs is 2. The summed E-state index contributed by atoms with van der Waals surface area (Å²) in [5.41, 5.74) is 6.10. The van der Waals surface area contributed by atoms with Gasteiger partial charge in [0.2, 0.25) is 5.95 Å². The SMILES string of the molecule is Cc1nc(N[C@H]2COC[C@H]2Cc2ccnc3ccccc23)nc2c1CCCC2. The number of nitrogens with one attached hydrogen (secondary N) is 1. The van der Waals surface area contributed by atoms with E-state index in [-0.39, 0.29) is 6.04 Å². The molecule has 5 nitrogen and oxygen atoms in total. The average Bonchev–Trinajstić information content (AvgIpc) is 3.15. The smallest absolute Gasteiger partial charge is 0.223 e. The third-order valence-corrected chi connectivity index (χ3v) is 6.12. The number of benzene rings is 1. The molecule has 0 bridgehead atoms. The molecule has 0 radical (unpaired) electrons. The number of ether oxygens (including phenoxy) is 1. The van der Waals surface area contributed by atoms with E-state index in [0.717, 1.165) is 43.0 Å². The molecule has 2 aliphatic rings. The molecule has 3 heterocycles. The number of aryl methyl sites for hydroxylation is 2.